The predicted octanol–water partition coefficient (Wildman–Crippen LogP) is 2.16. The molecule has 0 radical (unpaired) electrons. The second kappa shape index (κ2) is 5.69. The molecule has 1 heterocycles. The molecule has 0 aliphatic carbocycles. The van der Waals surface area contributed by atoms with E-state index in [4.69, 9.17) is 20.5 Å². The predicted molar refractivity (Wildman–Crippen MR) is 73.3 cm³/mol. The highest BCUT2D eigenvalue weighted by Gasteiger charge is 2.16. The second-order valence-corrected chi connectivity index (χ2v) is 4.75. The van der Waals surface area contributed by atoms with Gasteiger partial charge in [0.25, 0.3) is 0 Å². The number of ether oxygens (including phenoxy) is 2. The van der Waals surface area contributed by atoms with E-state index in [0.29, 0.717) is 23.7 Å². The van der Waals surface area contributed by atoms with E-state index in [1.165, 1.54) is 11.3 Å². The van der Waals surface area contributed by atoms with Crippen molar-refractivity contribution >= 4 is 11.3 Å². The zero-order valence-corrected chi connectivity index (χ0v) is 11.5. The first-order chi connectivity index (χ1) is 9.23. The molecule has 0 spiro atoms. The van der Waals surface area contributed by atoms with Gasteiger partial charge in [-0.3, -0.25) is 0 Å². The smallest absolute Gasteiger partial charge is 0.159 e. The van der Waals surface area contributed by atoms with E-state index >= 15 is 0 Å². The van der Waals surface area contributed by atoms with Gasteiger partial charge in [-0.1, -0.05) is 0 Å². The van der Waals surface area contributed by atoms with E-state index in [-0.39, 0.29) is 0 Å². The maximum atomic E-state index is 9.14. The van der Waals surface area contributed by atoms with Gasteiger partial charge in [-0.15, -0.1) is 11.3 Å². The fourth-order valence-electron chi connectivity index (χ4n) is 1.70. The molecule has 2 N–H and O–H groups in total. The van der Waals surface area contributed by atoms with E-state index in [9.17, 15) is 0 Å². The lowest BCUT2D eigenvalue weighted by Crippen LogP contribution is -1.94. The van der Waals surface area contributed by atoms with E-state index < -0.39 is 0 Å². The molecule has 0 unspecified atom stereocenters. The van der Waals surface area contributed by atoms with Crippen molar-refractivity contribution in [2.45, 2.75) is 6.54 Å². The maximum Gasteiger partial charge on any atom is 0.159 e. The number of nitrogens with two attached hydrogens (primary N) is 1. The van der Waals surface area contributed by atoms with Gasteiger partial charge in [0.05, 0.1) is 19.1 Å². The summed E-state index contributed by atoms with van der Waals surface area (Å²) in [5.74, 6) is 1.34. The third-order valence-electron chi connectivity index (χ3n) is 2.61. The van der Waals surface area contributed by atoms with E-state index in [2.05, 4.69) is 11.1 Å². The minimum Gasteiger partial charge on any atom is -0.497 e. The monoisotopic (exact) mass is 275 g/mol. The number of aromatic nitrogens is 1. The number of nitrogens with zero attached hydrogens (tertiary/aromatic N) is 2. The first kappa shape index (κ1) is 13.3. The molecule has 0 saturated heterocycles. The lowest BCUT2D eigenvalue weighted by atomic mass is 10.1. The third kappa shape index (κ3) is 2.52. The van der Waals surface area contributed by atoms with Crippen LogP contribution in [0.2, 0.25) is 0 Å². The van der Waals surface area contributed by atoms with Crippen molar-refractivity contribution in [1.29, 1.82) is 5.26 Å². The van der Waals surface area contributed by atoms with Crippen molar-refractivity contribution in [1.82, 2.24) is 4.98 Å². The van der Waals surface area contributed by atoms with Crippen LogP contribution >= 0.6 is 11.3 Å². The van der Waals surface area contributed by atoms with Crippen LogP contribution in [0, 0.1) is 11.3 Å². The molecule has 0 amide bonds. The van der Waals surface area contributed by atoms with Crippen LogP contribution in [-0.4, -0.2) is 19.2 Å². The maximum absolute atomic E-state index is 9.14. The van der Waals surface area contributed by atoms with Crippen molar-refractivity contribution in [2.24, 2.45) is 5.73 Å². The van der Waals surface area contributed by atoms with Gasteiger partial charge in [0, 0.05) is 18.2 Å². The molecule has 1 aromatic heterocycles. The van der Waals surface area contributed by atoms with Crippen LogP contribution in [0.15, 0.2) is 18.2 Å². The Kier molecular flexibility index (Phi) is 4.00. The van der Waals surface area contributed by atoms with Crippen LogP contribution in [0.5, 0.6) is 11.5 Å². The van der Waals surface area contributed by atoms with E-state index in [0.717, 1.165) is 15.4 Å². The fraction of sp³-hybridized carbons (Fsp3) is 0.231. The first-order valence-corrected chi connectivity index (χ1v) is 6.37. The van der Waals surface area contributed by atoms with Crippen molar-refractivity contribution in [2.75, 3.05) is 14.2 Å². The van der Waals surface area contributed by atoms with Gasteiger partial charge in [0.2, 0.25) is 0 Å². The molecule has 0 atom stereocenters. The van der Waals surface area contributed by atoms with Crippen molar-refractivity contribution in [3.05, 3.63) is 28.9 Å². The van der Waals surface area contributed by atoms with Crippen LogP contribution in [0.1, 0.15) is 10.7 Å². The molecule has 0 bridgehead atoms. The number of benzene rings is 1. The van der Waals surface area contributed by atoms with Crippen LogP contribution in [0.25, 0.3) is 10.4 Å². The van der Waals surface area contributed by atoms with Crippen molar-refractivity contribution < 1.29 is 9.47 Å². The average Bonchev–Trinajstić information content (AvgIpc) is 2.89. The summed E-state index contributed by atoms with van der Waals surface area (Å²) in [6, 6.07) is 7.54. The number of nitriles is 1. The minimum atomic E-state index is 0.317. The van der Waals surface area contributed by atoms with Gasteiger partial charge in [-0.25, -0.2) is 4.98 Å². The lowest BCUT2D eigenvalue weighted by molar-refractivity contribution is 0.395. The summed E-state index contributed by atoms with van der Waals surface area (Å²) in [4.78, 5) is 4.95. The molecule has 0 aliphatic heterocycles. The molecule has 0 fully saturated rings. The molecular weight excluding hydrogens is 262 g/mol. The van der Waals surface area contributed by atoms with Crippen LogP contribution in [-0.2, 0) is 6.54 Å². The molecule has 2 aromatic rings. The summed E-state index contributed by atoms with van der Waals surface area (Å²) < 4.78 is 10.5. The molecule has 0 saturated carbocycles. The number of hydrogen-bond acceptors (Lipinski definition) is 6. The molecule has 98 valence electrons. The SMILES string of the molecule is COc1ccc(-c2sc(CN)nc2C#N)c(OC)c1. The van der Waals surface area contributed by atoms with E-state index in [1.807, 2.05) is 12.1 Å². The van der Waals surface area contributed by atoms with Crippen molar-refractivity contribution in [3.8, 4) is 28.0 Å². The highest BCUT2D eigenvalue weighted by molar-refractivity contribution is 7.15. The Balaban J connectivity index is 2.58. The van der Waals surface area contributed by atoms with Gasteiger partial charge in [-0.05, 0) is 12.1 Å². The van der Waals surface area contributed by atoms with Crippen LogP contribution in [0.3, 0.4) is 0 Å². The Morgan fingerprint density at radius 2 is 2.16 bits per heavy atom. The van der Waals surface area contributed by atoms with Gasteiger partial charge in [-0.2, -0.15) is 5.26 Å². The van der Waals surface area contributed by atoms with Gasteiger partial charge in [0.1, 0.15) is 22.6 Å². The lowest BCUT2D eigenvalue weighted by Gasteiger charge is -2.08. The quantitative estimate of drug-likeness (QED) is 0.924. The summed E-state index contributed by atoms with van der Waals surface area (Å²) in [6.07, 6.45) is 0. The van der Waals surface area contributed by atoms with Crippen LogP contribution < -0.4 is 15.2 Å². The third-order valence-corrected chi connectivity index (χ3v) is 3.72. The standard InChI is InChI=1S/C13H13N3O2S/c1-17-8-3-4-9(11(5-8)18-2)13-10(6-14)16-12(7-15)19-13/h3-5H,7,15H2,1-2H3. The minimum absolute atomic E-state index is 0.317. The summed E-state index contributed by atoms with van der Waals surface area (Å²) >= 11 is 1.40. The summed E-state index contributed by atoms with van der Waals surface area (Å²) in [6.45, 7) is 0.317. The Bertz CT molecular complexity index is 631. The summed E-state index contributed by atoms with van der Waals surface area (Å²) in [7, 11) is 3.17. The first-order valence-electron chi connectivity index (χ1n) is 5.55. The fourth-order valence-corrected chi connectivity index (χ4v) is 2.62. The summed E-state index contributed by atoms with van der Waals surface area (Å²) in [5.41, 5.74) is 6.75. The van der Waals surface area contributed by atoms with E-state index in [1.54, 1.807) is 20.3 Å². The Labute approximate surface area is 115 Å². The normalized spacial score (nSPS) is 10.0. The molecule has 6 heteroatoms. The Hall–Kier alpha value is -2.10. The largest absolute Gasteiger partial charge is 0.497 e. The molecular formula is C13H13N3O2S. The zero-order chi connectivity index (χ0) is 13.8. The topological polar surface area (TPSA) is 81.2 Å². The average molecular weight is 275 g/mol. The number of hydrogen-bond donors (Lipinski definition) is 1. The van der Waals surface area contributed by atoms with Gasteiger partial charge < -0.3 is 15.2 Å². The van der Waals surface area contributed by atoms with Crippen LogP contribution in [0.4, 0.5) is 0 Å². The highest BCUT2D eigenvalue weighted by Crippen LogP contribution is 2.38. The van der Waals surface area contributed by atoms with Gasteiger partial charge in [0.15, 0.2) is 5.69 Å². The molecule has 2 rings (SSSR count). The highest BCUT2D eigenvalue weighted by atomic mass is 32.1. The number of methoxy groups -OCH3 is 2. The molecule has 5 nitrogen and oxygen atoms in total. The zero-order valence-electron chi connectivity index (χ0n) is 10.6. The van der Waals surface area contributed by atoms with Crippen molar-refractivity contribution in [3.63, 3.8) is 0 Å². The number of thiazole rings is 1. The molecule has 19 heavy (non-hydrogen) atoms. The molecule has 1 aromatic carbocycles. The molecule has 0 aliphatic rings. The second-order valence-electron chi connectivity index (χ2n) is 3.67. The number of rotatable bonds is 4. The Morgan fingerprint density at radius 1 is 1.37 bits per heavy atom. The Morgan fingerprint density at radius 3 is 2.74 bits per heavy atom. The van der Waals surface area contributed by atoms with Gasteiger partial charge >= 0.3 is 0 Å². The summed E-state index contributed by atoms with van der Waals surface area (Å²) in [5, 5.41) is 9.87.